The van der Waals surface area contributed by atoms with E-state index in [2.05, 4.69) is 11.7 Å². The standard InChI is InChI=1S/C17H32Cl2O2/c1-3-4-5-9-12-15(18)16(19)13-10-7-6-8-11-14-17(20)21-2/h15-16H,3-14H2,1-2H3/t15-,16-/m0/s1. The van der Waals surface area contributed by atoms with Crippen molar-refractivity contribution in [1.82, 2.24) is 0 Å². The Balaban J connectivity index is 3.39. The van der Waals surface area contributed by atoms with Gasteiger partial charge in [0, 0.05) is 17.2 Å². The van der Waals surface area contributed by atoms with Crippen molar-refractivity contribution in [2.24, 2.45) is 0 Å². The molecule has 0 saturated carbocycles. The van der Waals surface area contributed by atoms with Crippen molar-refractivity contribution in [3.8, 4) is 0 Å². The molecule has 0 saturated heterocycles. The molecule has 0 aliphatic carbocycles. The molecule has 2 nitrogen and oxygen atoms in total. The predicted molar refractivity (Wildman–Crippen MR) is 92.4 cm³/mol. The van der Waals surface area contributed by atoms with Crippen LogP contribution in [0, 0.1) is 0 Å². The molecule has 4 heteroatoms. The van der Waals surface area contributed by atoms with Gasteiger partial charge in [-0.3, -0.25) is 4.79 Å². The van der Waals surface area contributed by atoms with Crippen molar-refractivity contribution in [3.63, 3.8) is 0 Å². The van der Waals surface area contributed by atoms with Crippen LogP contribution in [-0.2, 0) is 9.53 Å². The first-order valence-electron chi connectivity index (χ1n) is 8.46. The fourth-order valence-corrected chi connectivity index (χ4v) is 2.93. The second-order valence-corrected chi connectivity index (χ2v) is 6.89. The average molecular weight is 339 g/mol. The normalized spacial score (nSPS) is 13.9. The zero-order chi connectivity index (χ0) is 15.9. The van der Waals surface area contributed by atoms with E-state index >= 15 is 0 Å². The Bertz CT molecular complexity index is 247. The van der Waals surface area contributed by atoms with Gasteiger partial charge in [0.25, 0.3) is 0 Å². The van der Waals surface area contributed by atoms with E-state index in [9.17, 15) is 4.79 Å². The van der Waals surface area contributed by atoms with Crippen molar-refractivity contribution >= 4 is 29.2 Å². The molecule has 0 aromatic carbocycles. The fraction of sp³-hybridized carbons (Fsp3) is 0.941. The fourth-order valence-electron chi connectivity index (χ4n) is 2.37. The molecular formula is C17H32Cl2O2. The maximum atomic E-state index is 10.9. The molecule has 0 spiro atoms. The van der Waals surface area contributed by atoms with Crippen LogP contribution in [0.5, 0.6) is 0 Å². The van der Waals surface area contributed by atoms with Gasteiger partial charge < -0.3 is 4.74 Å². The summed E-state index contributed by atoms with van der Waals surface area (Å²) >= 11 is 12.7. The number of halogens is 2. The lowest BCUT2D eigenvalue weighted by molar-refractivity contribution is -0.140. The number of alkyl halides is 2. The Morgan fingerprint density at radius 3 is 1.86 bits per heavy atom. The number of ether oxygens (including phenoxy) is 1. The number of hydrogen-bond acceptors (Lipinski definition) is 2. The summed E-state index contributed by atoms with van der Waals surface area (Å²) in [4.78, 5) is 10.9. The van der Waals surface area contributed by atoms with Crippen LogP contribution in [0.4, 0.5) is 0 Å². The zero-order valence-electron chi connectivity index (χ0n) is 13.7. The van der Waals surface area contributed by atoms with Crippen LogP contribution in [0.2, 0.25) is 0 Å². The summed E-state index contributed by atoms with van der Waals surface area (Å²) in [6.07, 6.45) is 13.1. The van der Waals surface area contributed by atoms with Crippen LogP contribution >= 0.6 is 23.2 Å². The second-order valence-electron chi connectivity index (χ2n) is 5.76. The first kappa shape index (κ1) is 21.0. The Hall–Kier alpha value is 0.0500. The molecule has 0 unspecified atom stereocenters. The monoisotopic (exact) mass is 338 g/mol. The molecule has 0 amide bonds. The predicted octanol–water partition coefficient (Wildman–Crippen LogP) is 6.08. The van der Waals surface area contributed by atoms with Crippen LogP contribution in [0.15, 0.2) is 0 Å². The number of esters is 1. The van der Waals surface area contributed by atoms with Gasteiger partial charge in [0.15, 0.2) is 0 Å². The zero-order valence-corrected chi connectivity index (χ0v) is 15.2. The number of rotatable bonds is 14. The highest BCUT2D eigenvalue weighted by molar-refractivity contribution is 6.29. The molecule has 0 aliphatic rings. The van der Waals surface area contributed by atoms with Gasteiger partial charge in [-0.05, 0) is 19.3 Å². The molecule has 0 radical (unpaired) electrons. The minimum Gasteiger partial charge on any atom is -0.469 e. The lowest BCUT2D eigenvalue weighted by Gasteiger charge is -2.15. The van der Waals surface area contributed by atoms with E-state index < -0.39 is 0 Å². The molecular weight excluding hydrogens is 307 g/mol. The summed E-state index contributed by atoms with van der Waals surface area (Å²) in [6, 6.07) is 0. The van der Waals surface area contributed by atoms with E-state index in [-0.39, 0.29) is 16.7 Å². The maximum Gasteiger partial charge on any atom is 0.305 e. The molecule has 126 valence electrons. The summed E-state index contributed by atoms with van der Waals surface area (Å²) in [5.74, 6) is -0.108. The first-order chi connectivity index (χ1) is 10.1. The van der Waals surface area contributed by atoms with Crippen LogP contribution in [0.25, 0.3) is 0 Å². The molecule has 0 aromatic heterocycles. The van der Waals surface area contributed by atoms with E-state index in [0.29, 0.717) is 6.42 Å². The largest absolute Gasteiger partial charge is 0.469 e. The third-order valence-corrected chi connectivity index (χ3v) is 4.99. The van der Waals surface area contributed by atoms with Crippen LogP contribution in [0.1, 0.15) is 84.0 Å². The van der Waals surface area contributed by atoms with Gasteiger partial charge in [-0.2, -0.15) is 0 Å². The average Bonchev–Trinajstić information content (AvgIpc) is 2.49. The quantitative estimate of drug-likeness (QED) is 0.218. The Kier molecular flexibility index (Phi) is 15.0. The van der Waals surface area contributed by atoms with Crippen molar-refractivity contribution in [3.05, 3.63) is 0 Å². The topological polar surface area (TPSA) is 26.3 Å². The van der Waals surface area contributed by atoms with Crippen molar-refractivity contribution in [1.29, 1.82) is 0 Å². The van der Waals surface area contributed by atoms with E-state index in [0.717, 1.165) is 38.5 Å². The maximum absolute atomic E-state index is 10.9. The van der Waals surface area contributed by atoms with Gasteiger partial charge in [0.1, 0.15) is 0 Å². The number of carbonyl (C=O) groups is 1. The lowest BCUT2D eigenvalue weighted by atomic mass is 10.0. The van der Waals surface area contributed by atoms with Gasteiger partial charge in [-0.25, -0.2) is 0 Å². The lowest BCUT2D eigenvalue weighted by Crippen LogP contribution is -2.14. The number of hydrogen-bond donors (Lipinski definition) is 0. The van der Waals surface area contributed by atoms with Gasteiger partial charge in [0.2, 0.25) is 0 Å². The third-order valence-electron chi connectivity index (χ3n) is 3.81. The molecule has 0 aliphatic heterocycles. The van der Waals surface area contributed by atoms with Crippen molar-refractivity contribution in [2.45, 2.75) is 94.7 Å². The second kappa shape index (κ2) is 15.0. The third kappa shape index (κ3) is 13.4. The van der Waals surface area contributed by atoms with Crippen molar-refractivity contribution < 1.29 is 9.53 Å². The summed E-state index contributed by atoms with van der Waals surface area (Å²) in [5.41, 5.74) is 0. The Morgan fingerprint density at radius 2 is 1.33 bits per heavy atom. The molecule has 2 atom stereocenters. The number of carbonyl (C=O) groups excluding carboxylic acids is 1. The summed E-state index contributed by atoms with van der Waals surface area (Å²) in [5, 5.41) is 0.214. The van der Waals surface area contributed by atoms with Crippen molar-refractivity contribution in [2.75, 3.05) is 7.11 Å². The number of unbranched alkanes of at least 4 members (excludes halogenated alkanes) is 7. The van der Waals surface area contributed by atoms with Gasteiger partial charge in [-0.1, -0.05) is 58.3 Å². The van der Waals surface area contributed by atoms with E-state index in [1.54, 1.807) is 0 Å². The highest BCUT2D eigenvalue weighted by atomic mass is 35.5. The van der Waals surface area contributed by atoms with E-state index in [1.165, 1.54) is 39.2 Å². The highest BCUT2D eigenvalue weighted by Crippen LogP contribution is 2.22. The van der Waals surface area contributed by atoms with Crippen LogP contribution in [0.3, 0.4) is 0 Å². The first-order valence-corrected chi connectivity index (χ1v) is 9.34. The minimum atomic E-state index is -0.108. The summed E-state index contributed by atoms with van der Waals surface area (Å²) in [7, 11) is 1.44. The number of methoxy groups -OCH3 is 1. The molecule has 0 N–H and O–H groups in total. The minimum absolute atomic E-state index is 0.100. The van der Waals surface area contributed by atoms with Gasteiger partial charge in [0.05, 0.1) is 7.11 Å². The van der Waals surface area contributed by atoms with E-state index in [4.69, 9.17) is 23.2 Å². The van der Waals surface area contributed by atoms with E-state index in [1.807, 2.05) is 0 Å². The molecule has 0 aromatic rings. The Morgan fingerprint density at radius 1 is 0.857 bits per heavy atom. The molecule has 0 fully saturated rings. The SMILES string of the molecule is CCCCCC[C@H](Cl)[C@@H](Cl)CCCCCCCC(=O)OC. The van der Waals surface area contributed by atoms with Crippen LogP contribution in [-0.4, -0.2) is 23.8 Å². The highest BCUT2D eigenvalue weighted by Gasteiger charge is 2.15. The van der Waals surface area contributed by atoms with Gasteiger partial charge in [-0.15, -0.1) is 23.2 Å². The summed E-state index contributed by atoms with van der Waals surface area (Å²) < 4.78 is 4.61. The Labute approximate surface area is 140 Å². The van der Waals surface area contributed by atoms with Crippen LogP contribution < -0.4 is 0 Å². The molecule has 21 heavy (non-hydrogen) atoms. The summed E-state index contributed by atoms with van der Waals surface area (Å²) in [6.45, 7) is 2.22. The molecule has 0 heterocycles. The molecule has 0 rings (SSSR count). The van der Waals surface area contributed by atoms with Gasteiger partial charge >= 0.3 is 5.97 Å². The molecule has 0 bridgehead atoms. The smallest absolute Gasteiger partial charge is 0.305 e.